The SMILES string of the molecule is O=C(COc1ccc(Cl)cc1/C=C1\S/C(=N\N=C\c2ccc(O)cc2)N(Cc2ccco2)C1=O)Nc1ccc(F)cc1. The van der Waals surface area contributed by atoms with Gasteiger partial charge in [-0.15, -0.1) is 5.10 Å². The van der Waals surface area contributed by atoms with Crippen molar-refractivity contribution in [1.29, 1.82) is 0 Å². The van der Waals surface area contributed by atoms with E-state index in [1.165, 1.54) is 53.8 Å². The minimum Gasteiger partial charge on any atom is -0.508 e. The van der Waals surface area contributed by atoms with Gasteiger partial charge in [-0.2, -0.15) is 5.10 Å². The number of carbonyl (C=O) groups excluding carboxylic acids is 2. The Hall–Kier alpha value is -4.87. The van der Waals surface area contributed by atoms with Crippen LogP contribution in [-0.2, 0) is 16.1 Å². The number of nitrogens with one attached hydrogen (secondary N) is 1. The van der Waals surface area contributed by atoms with Crippen LogP contribution in [0.3, 0.4) is 0 Å². The number of hydrogen-bond acceptors (Lipinski definition) is 8. The van der Waals surface area contributed by atoms with Crippen LogP contribution in [-0.4, -0.2) is 39.8 Å². The topological polar surface area (TPSA) is 117 Å². The van der Waals surface area contributed by atoms with Crippen LogP contribution in [0.4, 0.5) is 10.1 Å². The van der Waals surface area contributed by atoms with Crippen molar-refractivity contribution >= 4 is 58.3 Å². The van der Waals surface area contributed by atoms with Crippen LogP contribution in [0.2, 0.25) is 5.02 Å². The summed E-state index contributed by atoms with van der Waals surface area (Å²) < 4.78 is 24.3. The highest BCUT2D eigenvalue weighted by atomic mass is 35.5. The van der Waals surface area contributed by atoms with E-state index in [9.17, 15) is 19.1 Å². The van der Waals surface area contributed by atoms with Crippen LogP contribution in [0.15, 0.2) is 105 Å². The lowest BCUT2D eigenvalue weighted by atomic mass is 10.2. The zero-order valence-corrected chi connectivity index (χ0v) is 23.3. The number of carbonyl (C=O) groups is 2. The summed E-state index contributed by atoms with van der Waals surface area (Å²) in [4.78, 5) is 27.6. The molecular formula is C30H22ClFN4O5S. The number of halogens is 2. The smallest absolute Gasteiger partial charge is 0.267 e. The third-order valence-corrected chi connectivity index (χ3v) is 7.00. The van der Waals surface area contributed by atoms with Crippen LogP contribution in [0, 0.1) is 5.82 Å². The van der Waals surface area contributed by atoms with Gasteiger partial charge in [0.25, 0.3) is 11.8 Å². The first-order chi connectivity index (χ1) is 20.3. The number of aromatic hydroxyl groups is 1. The number of ether oxygens (including phenoxy) is 1. The molecule has 4 aromatic rings. The Morgan fingerprint density at radius 3 is 2.64 bits per heavy atom. The minimum absolute atomic E-state index is 0.131. The summed E-state index contributed by atoms with van der Waals surface area (Å²) in [7, 11) is 0. The van der Waals surface area contributed by atoms with Gasteiger partial charge >= 0.3 is 0 Å². The lowest BCUT2D eigenvalue weighted by molar-refractivity contribution is -0.122. The van der Waals surface area contributed by atoms with Crippen molar-refractivity contribution < 1.29 is 28.2 Å². The van der Waals surface area contributed by atoms with Gasteiger partial charge in [0.05, 0.1) is 23.9 Å². The quantitative estimate of drug-likeness (QED) is 0.132. The third-order valence-electron chi connectivity index (χ3n) is 5.77. The predicted octanol–water partition coefficient (Wildman–Crippen LogP) is 6.30. The average Bonchev–Trinajstić information content (AvgIpc) is 3.59. The lowest BCUT2D eigenvalue weighted by Crippen LogP contribution is -2.28. The molecule has 1 aliphatic rings. The Morgan fingerprint density at radius 2 is 1.90 bits per heavy atom. The first-order valence-electron chi connectivity index (χ1n) is 12.5. The second kappa shape index (κ2) is 13.2. The van der Waals surface area contributed by atoms with Crippen LogP contribution >= 0.6 is 23.4 Å². The Morgan fingerprint density at radius 1 is 1.12 bits per heavy atom. The molecule has 9 nitrogen and oxygen atoms in total. The maximum absolute atomic E-state index is 13.5. The van der Waals surface area contributed by atoms with Gasteiger partial charge < -0.3 is 19.6 Å². The fourth-order valence-corrected chi connectivity index (χ4v) is 4.87. The number of furan rings is 1. The molecule has 1 aliphatic heterocycles. The number of rotatable bonds is 9. The first kappa shape index (κ1) is 28.7. The van der Waals surface area contributed by atoms with Crippen molar-refractivity contribution in [3.05, 3.63) is 118 Å². The van der Waals surface area contributed by atoms with Gasteiger partial charge in [-0.1, -0.05) is 11.6 Å². The van der Waals surface area contributed by atoms with Gasteiger partial charge in [-0.05, 0) is 102 Å². The maximum Gasteiger partial charge on any atom is 0.267 e. The summed E-state index contributed by atoms with van der Waals surface area (Å²) in [6.07, 6.45) is 4.62. The van der Waals surface area contributed by atoms with Crippen molar-refractivity contribution in [2.75, 3.05) is 11.9 Å². The van der Waals surface area contributed by atoms with E-state index in [1.807, 2.05) is 0 Å². The molecule has 42 heavy (non-hydrogen) atoms. The van der Waals surface area contributed by atoms with Gasteiger partial charge in [0.2, 0.25) is 0 Å². The number of amidine groups is 1. The van der Waals surface area contributed by atoms with E-state index in [0.29, 0.717) is 43.4 Å². The zero-order chi connectivity index (χ0) is 29.5. The van der Waals surface area contributed by atoms with E-state index < -0.39 is 11.7 Å². The Kier molecular flexibility index (Phi) is 9.00. The Labute approximate surface area is 249 Å². The summed E-state index contributed by atoms with van der Waals surface area (Å²) in [6, 6.07) is 20.1. The summed E-state index contributed by atoms with van der Waals surface area (Å²) in [5.74, 6) is -0.195. The fourth-order valence-electron chi connectivity index (χ4n) is 3.76. The molecule has 0 radical (unpaired) electrons. The normalized spacial score (nSPS) is 15.2. The van der Waals surface area contributed by atoms with E-state index in [2.05, 4.69) is 15.5 Å². The number of thioether (sulfide) groups is 1. The van der Waals surface area contributed by atoms with Crippen molar-refractivity contribution in [2.45, 2.75) is 6.54 Å². The number of phenolic OH excluding ortho intramolecular Hbond substituents is 1. The molecule has 0 aliphatic carbocycles. The van der Waals surface area contributed by atoms with Gasteiger partial charge in [-0.3, -0.25) is 14.5 Å². The fraction of sp³-hybridized carbons (Fsp3) is 0.0667. The molecule has 212 valence electrons. The number of amides is 2. The highest BCUT2D eigenvalue weighted by molar-refractivity contribution is 8.18. The number of anilines is 1. The predicted molar refractivity (Wildman–Crippen MR) is 160 cm³/mol. The molecule has 12 heteroatoms. The maximum atomic E-state index is 13.5. The molecule has 0 bridgehead atoms. The van der Waals surface area contributed by atoms with Gasteiger partial charge in [0.1, 0.15) is 23.1 Å². The second-order valence-corrected chi connectivity index (χ2v) is 10.3. The van der Waals surface area contributed by atoms with Crippen LogP contribution in [0.25, 0.3) is 6.08 Å². The molecule has 1 fully saturated rings. The number of hydrogen-bond donors (Lipinski definition) is 2. The molecule has 0 unspecified atom stereocenters. The van der Waals surface area contributed by atoms with Gasteiger partial charge in [0.15, 0.2) is 11.8 Å². The molecule has 1 saturated heterocycles. The summed E-state index contributed by atoms with van der Waals surface area (Å²) >= 11 is 7.35. The standard InChI is InChI=1S/C30H22ClFN4O5S/c31-21-5-12-26(41-18-28(38)34-23-8-6-22(32)7-9-23)20(14-21)15-27-29(39)36(17-25-2-1-13-40-25)30(42-27)35-33-16-19-3-10-24(37)11-4-19/h1-16,37H,17-18H2,(H,34,38)/b27-15-,33-16+,35-30-. The van der Waals surface area contributed by atoms with Gasteiger partial charge in [0, 0.05) is 16.3 Å². The van der Waals surface area contributed by atoms with Crippen molar-refractivity contribution in [2.24, 2.45) is 10.2 Å². The van der Waals surface area contributed by atoms with Crippen LogP contribution in [0.1, 0.15) is 16.9 Å². The molecule has 3 aromatic carbocycles. The van der Waals surface area contributed by atoms with E-state index in [4.69, 9.17) is 20.8 Å². The third kappa shape index (κ3) is 7.45. The Bertz CT molecular complexity index is 1670. The van der Waals surface area contributed by atoms with E-state index >= 15 is 0 Å². The number of phenols is 1. The molecule has 0 saturated carbocycles. The molecule has 2 amide bonds. The van der Waals surface area contributed by atoms with E-state index in [-0.39, 0.29) is 24.8 Å². The van der Waals surface area contributed by atoms with Gasteiger partial charge in [-0.25, -0.2) is 4.39 Å². The largest absolute Gasteiger partial charge is 0.508 e. The zero-order valence-electron chi connectivity index (χ0n) is 21.7. The number of benzene rings is 3. The monoisotopic (exact) mass is 604 g/mol. The van der Waals surface area contributed by atoms with Crippen molar-refractivity contribution in [1.82, 2.24) is 4.90 Å². The molecule has 2 heterocycles. The highest BCUT2D eigenvalue weighted by Crippen LogP contribution is 2.36. The van der Waals surface area contributed by atoms with Crippen molar-refractivity contribution in [3.8, 4) is 11.5 Å². The van der Waals surface area contributed by atoms with E-state index in [0.717, 1.165) is 11.8 Å². The minimum atomic E-state index is -0.452. The second-order valence-electron chi connectivity index (χ2n) is 8.83. The molecule has 0 spiro atoms. The first-order valence-corrected chi connectivity index (χ1v) is 13.6. The molecule has 0 atom stereocenters. The average molecular weight is 605 g/mol. The Balaban J connectivity index is 1.36. The summed E-state index contributed by atoms with van der Waals surface area (Å²) in [6.45, 7) is -0.203. The van der Waals surface area contributed by atoms with E-state index in [1.54, 1.807) is 48.5 Å². The number of nitrogens with zero attached hydrogens (tertiary/aromatic N) is 3. The highest BCUT2D eigenvalue weighted by Gasteiger charge is 2.34. The lowest BCUT2D eigenvalue weighted by Gasteiger charge is -2.13. The van der Waals surface area contributed by atoms with Crippen LogP contribution < -0.4 is 10.1 Å². The molecular weight excluding hydrogens is 583 g/mol. The molecule has 2 N–H and O–H groups in total. The molecule has 5 rings (SSSR count). The van der Waals surface area contributed by atoms with Crippen LogP contribution in [0.5, 0.6) is 11.5 Å². The van der Waals surface area contributed by atoms with Crippen molar-refractivity contribution in [3.63, 3.8) is 0 Å². The summed E-state index contributed by atoms with van der Waals surface area (Å²) in [5, 5.41) is 21.2. The summed E-state index contributed by atoms with van der Waals surface area (Å²) in [5.41, 5.74) is 1.61. The molecule has 1 aromatic heterocycles.